The molecule has 2 saturated heterocycles. The molecular formula is C39H44ClN7O2S2. The molecule has 9 nitrogen and oxygen atoms in total. The smallest absolute Gasteiger partial charge is 0.103 e. The summed E-state index contributed by atoms with van der Waals surface area (Å²) in [6, 6.07) is 17.3. The molecule has 12 heteroatoms. The van der Waals surface area contributed by atoms with Crippen molar-refractivity contribution in [1.82, 2.24) is 24.6 Å². The minimum absolute atomic E-state index is 0.217. The largest absolute Gasteiger partial charge is 0.395 e. The monoisotopic (exact) mass is 741 g/mol. The SMILES string of the molecule is Cc1cc(-c2csc(CN3CCN(CCO)CC3)c2)cc(Cl)c1Nc1c(C#N)cnc2cc(-c3csc(CN4CCN(CCO)CC4)c3)ccc12. The lowest BCUT2D eigenvalue weighted by atomic mass is 10.0. The Balaban J connectivity index is 1.05. The lowest BCUT2D eigenvalue weighted by Crippen LogP contribution is -2.46. The summed E-state index contributed by atoms with van der Waals surface area (Å²) in [6.45, 7) is 13.9. The second-order valence-electron chi connectivity index (χ2n) is 13.5. The van der Waals surface area contributed by atoms with E-state index in [0.717, 1.165) is 117 Å². The molecule has 3 N–H and O–H groups in total. The Morgan fingerprint density at radius 3 is 1.86 bits per heavy atom. The molecule has 0 radical (unpaired) electrons. The molecule has 2 aliphatic rings. The summed E-state index contributed by atoms with van der Waals surface area (Å²) in [5.74, 6) is 0. The minimum Gasteiger partial charge on any atom is -0.395 e. The van der Waals surface area contributed by atoms with Crippen molar-refractivity contribution in [2.45, 2.75) is 20.0 Å². The van der Waals surface area contributed by atoms with Crippen molar-refractivity contribution < 1.29 is 10.2 Å². The quantitative estimate of drug-likeness (QED) is 0.133. The summed E-state index contributed by atoms with van der Waals surface area (Å²) in [5, 5.41) is 38.0. The summed E-state index contributed by atoms with van der Waals surface area (Å²) < 4.78 is 0. The second-order valence-corrected chi connectivity index (χ2v) is 15.9. The predicted octanol–water partition coefficient (Wildman–Crippen LogP) is 6.49. The summed E-state index contributed by atoms with van der Waals surface area (Å²) >= 11 is 10.5. The van der Waals surface area contributed by atoms with Gasteiger partial charge in [0.25, 0.3) is 0 Å². The number of aromatic nitrogens is 1. The normalized spacial score (nSPS) is 16.5. The van der Waals surface area contributed by atoms with Gasteiger partial charge < -0.3 is 15.5 Å². The van der Waals surface area contributed by atoms with Crippen molar-refractivity contribution in [1.29, 1.82) is 5.26 Å². The number of nitrogens with zero attached hydrogens (tertiary/aromatic N) is 6. The number of rotatable bonds is 12. The van der Waals surface area contributed by atoms with Crippen LogP contribution in [-0.4, -0.2) is 113 Å². The number of thiophene rings is 2. The van der Waals surface area contributed by atoms with E-state index in [0.29, 0.717) is 16.3 Å². The molecule has 3 aromatic heterocycles. The zero-order chi connectivity index (χ0) is 35.3. The number of fused-ring (bicyclic) bond motifs is 1. The van der Waals surface area contributed by atoms with Crippen LogP contribution in [0, 0.1) is 18.3 Å². The lowest BCUT2D eigenvalue weighted by molar-refractivity contribution is 0.109. The van der Waals surface area contributed by atoms with E-state index in [2.05, 4.69) is 83.1 Å². The van der Waals surface area contributed by atoms with E-state index in [9.17, 15) is 15.5 Å². The van der Waals surface area contributed by atoms with Crippen molar-refractivity contribution in [2.75, 3.05) is 84.0 Å². The highest BCUT2D eigenvalue weighted by molar-refractivity contribution is 7.10. The van der Waals surface area contributed by atoms with Gasteiger partial charge in [-0.3, -0.25) is 24.6 Å². The Morgan fingerprint density at radius 2 is 1.31 bits per heavy atom. The van der Waals surface area contributed by atoms with Crippen LogP contribution in [-0.2, 0) is 13.1 Å². The molecule has 0 atom stereocenters. The van der Waals surface area contributed by atoms with Crippen LogP contribution in [0.2, 0.25) is 5.02 Å². The fourth-order valence-corrected chi connectivity index (χ4v) is 9.27. The molecule has 0 spiro atoms. The number of nitrogens with one attached hydrogen (secondary N) is 1. The number of β-amino-alcohol motifs (C(OH)–C–C–N with tert-alkyl or cyclic N) is 2. The Morgan fingerprint density at radius 1 is 0.745 bits per heavy atom. The van der Waals surface area contributed by atoms with Gasteiger partial charge in [0.1, 0.15) is 6.07 Å². The van der Waals surface area contributed by atoms with Gasteiger partial charge in [0.2, 0.25) is 0 Å². The number of aliphatic hydroxyl groups excluding tert-OH is 2. The first-order chi connectivity index (χ1) is 24.9. The van der Waals surface area contributed by atoms with Crippen LogP contribution in [0.15, 0.2) is 59.4 Å². The van der Waals surface area contributed by atoms with E-state index in [1.165, 1.54) is 15.3 Å². The van der Waals surface area contributed by atoms with Gasteiger partial charge >= 0.3 is 0 Å². The van der Waals surface area contributed by atoms with E-state index >= 15 is 0 Å². The number of pyridine rings is 1. The fourth-order valence-electron chi connectivity index (χ4n) is 7.08. The van der Waals surface area contributed by atoms with Gasteiger partial charge in [-0.1, -0.05) is 23.7 Å². The lowest BCUT2D eigenvalue weighted by Gasteiger charge is -2.34. The maximum absolute atomic E-state index is 10.1. The number of nitriles is 1. The summed E-state index contributed by atoms with van der Waals surface area (Å²) in [7, 11) is 0. The van der Waals surface area contributed by atoms with Crippen LogP contribution in [0.25, 0.3) is 33.2 Å². The van der Waals surface area contributed by atoms with E-state index in [1.54, 1.807) is 28.9 Å². The molecule has 7 rings (SSSR count). The number of halogens is 1. The molecule has 2 aliphatic heterocycles. The van der Waals surface area contributed by atoms with Crippen LogP contribution in [0.5, 0.6) is 0 Å². The fraction of sp³-hybridized carbons (Fsp3) is 0.385. The summed E-state index contributed by atoms with van der Waals surface area (Å²) in [4.78, 5) is 16.9. The molecule has 0 saturated carbocycles. The van der Waals surface area contributed by atoms with Crippen LogP contribution in [0.1, 0.15) is 20.9 Å². The van der Waals surface area contributed by atoms with Gasteiger partial charge in [0.15, 0.2) is 0 Å². The topological polar surface area (TPSA) is 102 Å². The second kappa shape index (κ2) is 16.5. The van der Waals surface area contributed by atoms with Crippen LogP contribution in [0.3, 0.4) is 0 Å². The Kier molecular flexibility index (Phi) is 11.6. The Hall–Kier alpha value is -3.41. The van der Waals surface area contributed by atoms with Crippen molar-refractivity contribution in [3.63, 3.8) is 0 Å². The summed E-state index contributed by atoms with van der Waals surface area (Å²) in [5.41, 5.74) is 8.25. The first kappa shape index (κ1) is 36.0. The average Bonchev–Trinajstić information content (AvgIpc) is 3.81. The van der Waals surface area contributed by atoms with Gasteiger partial charge in [0, 0.05) is 99.9 Å². The van der Waals surface area contributed by atoms with Gasteiger partial charge in [0.05, 0.1) is 40.7 Å². The number of aliphatic hydroxyl groups is 2. The van der Waals surface area contributed by atoms with Crippen LogP contribution < -0.4 is 5.32 Å². The third kappa shape index (κ3) is 8.47. The van der Waals surface area contributed by atoms with E-state index in [1.807, 2.05) is 13.0 Å². The Bertz CT molecular complexity index is 1990. The highest BCUT2D eigenvalue weighted by atomic mass is 35.5. The molecule has 0 unspecified atom stereocenters. The van der Waals surface area contributed by atoms with Gasteiger partial charge in [-0.25, -0.2) is 0 Å². The number of piperazine rings is 2. The molecule has 5 aromatic rings. The van der Waals surface area contributed by atoms with Crippen molar-refractivity contribution >= 4 is 56.6 Å². The number of anilines is 2. The molecule has 2 aromatic carbocycles. The molecule has 51 heavy (non-hydrogen) atoms. The van der Waals surface area contributed by atoms with Crippen molar-refractivity contribution in [2.24, 2.45) is 0 Å². The highest BCUT2D eigenvalue weighted by Crippen LogP contribution is 2.39. The molecular weight excluding hydrogens is 698 g/mol. The number of hydrogen-bond donors (Lipinski definition) is 3. The predicted molar refractivity (Wildman–Crippen MR) is 210 cm³/mol. The molecule has 0 amide bonds. The van der Waals surface area contributed by atoms with Gasteiger partial charge in [-0.2, -0.15) is 5.26 Å². The van der Waals surface area contributed by atoms with E-state index in [-0.39, 0.29) is 13.2 Å². The number of benzene rings is 2. The third-order valence-electron chi connectivity index (χ3n) is 10.0. The summed E-state index contributed by atoms with van der Waals surface area (Å²) in [6.07, 6.45) is 1.64. The molecule has 0 bridgehead atoms. The maximum atomic E-state index is 10.1. The van der Waals surface area contributed by atoms with Gasteiger partial charge in [-0.15, -0.1) is 22.7 Å². The average molecular weight is 742 g/mol. The first-order valence-corrected chi connectivity index (χ1v) is 19.7. The van der Waals surface area contributed by atoms with Crippen LogP contribution >= 0.6 is 34.3 Å². The zero-order valence-electron chi connectivity index (χ0n) is 28.9. The molecule has 2 fully saturated rings. The standard InChI is InChI=1S/C39H44ClN7O2S2/c1-27-16-29(31-18-34(51-26-31)24-47-10-6-45(7-11-47)13-15-49)19-36(40)38(27)43-39-32(21-41)22-42-37-20-28(2-3-35(37)39)30-17-33(50-25-30)23-46-8-4-44(5-9-46)12-14-48/h2-3,16-20,22,25-26,48-49H,4-15,23-24H2,1H3,(H,42,43). The number of aryl methyl sites for hydroxylation is 1. The van der Waals surface area contributed by atoms with Crippen LogP contribution in [0.4, 0.5) is 11.4 Å². The Labute approximate surface area is 312 Å². The van der Waals surface area contributed by atoms with Crippen molar-refractivity contribution in [3.8, 4) is 28.3 Å². The number of hydrogen-bond acceptors (Lipinski definition) is 11. The molecule has 0 aliphatic carbocycles. The zero-order valence-corrected chi connectivity index (χ0v) is 31.3. The minimum atomic E-state index is 0.217. The van der Waals surface area contributed by atoms with Crippen molar-refractivity contribution in [3.05, 3.63) is 85.3 Å². The third-order valence-corrected chi connectivity index (χ3v) is 12.2. The maximum Gasteiger partial charge on any atom is 0.103 e. The van der Waals surface area contributed by atoms with E-state index < -0.39 is 0 Å². The first-order valence-electron chi connectivity index (χ1n) is 17.6. The molecule has 5 heterocycles. The highest BCUT2D eigenvalue weighted by Gasteiger charge is 2.20. The van der Waals surface area contributed by atoms with Gasteiger partial charge in [-0.05, 0) is 75.8 Å². The van der Waals surface area contributed by atoms with E-state index in [4.69, 9.17) is 11.6 Å². The molecule has 266 valence electrons.